The van der Waals surface area contributed by atoms with Crippen LogP contribution in [0.1, 0.15) is 39.2 Å². The van der Waals surface area contributed by atoms with Crippen LogP contribution in [-0.4, -0.2) is 19.8 Å². The molecule has 1 aromatic carbocycles. The van der Waals surface area contributed by atoms with Crippen LogP contribution in [0.15, 0.2) is 12.1 Å². The number of nitrogens with one attached hydrogen (secondary N) is 1. The fourth-order valence-corrected chi connectivity index (χ4v) is 2.20. The highest BCUT2D eigenvalue weighted by atomic mass is 35.5. The minimum atomic E-state index is 0.167. The van der Waals surface area contributed by atoms with Gasteiger partial charge in [-0.15, -0.1) is 0 Å². The molecule has 0 amide bonds. The molecule has 1 aromatic rings. The number of rotatable bonds is 8. The zero-order valence-electron chi connectivity index (χ0n) is 12.3. The van der Waals surface area contributed by atoms with Crippen molar-refractivity contribution in [3.63, 3.8) is 0 Å². The van der Waals surface area contributed by atoms with E-state index in [0.717, 1.165) is 37.2 Å². The van der Waals surface area contributed by atoms with E-state index in [1.807, 2.05) is 6.07 Å². The predicted molar refractivity (Wildman–Crippen MR) is 80.4 cm³/mol. The smallest absolute Gasteiger partial charge is 0.166 e. The summed E-state index contributed by atoms with van der Waals surface area (Å²) in [6, 6.07) is 3.73. The summed E-state index contributed by atoms with van der Waals surface area (Å²) in [6.07, 6.45) is 2.28. The van der Waals surface area contributed by atoms with Gasteiger partial charge < -0.3 is 14.8 Å². The van der Waals surface area contributed by atoms with Crippen molar-refractivity contribution in [1.29, 1.82) is 0 Å². The molecule has 0 aliphatic carbocycles. The molecule has 3 nitrogen and oxygen atoms in total. The molecule has 0 heterocycles. The SMILES string of the molecule is CCCC(C)Oc1c(CNCC)cc(Cl)cc1OC. The average Bonchev–Trinajstić information content (AvgIpc) is 2.38. The molecule has 0 bridgehead atoms. The molecule has 108 valence electrons. The summed E-state index contributed by atoms with van der Waals surface area (Å²) in [6.45, 7) is 7.93. The maximum absolute atomic E-state index is 6.11. The van der Waals surface area contributed by atoms with Crippen molar-refractivity contribution in [3.8, 4) is 11.5 Å². The Labute approximate surface area is 121 Å². The summed E-state index contributed by atoms with van der Waals surface area (Å²) in [7, 11) is 1.64. The van der Waals surface area contributed by atoms with Crippen molar-refractivity contribution >= 4 is 11.6 Å². The lowest BCUT2D eigenvalue weighted by atomic mass is 10.1. The molecule has 0 saturated carbocycles. The fraction of sp³-hybridized carbons (Fsp3) is 0.600. The monoisotopic (exact) mass is 285 g/mol. The van der Waals surface area contributed by atoms with Gasteiger partial charge in [0.05, 0.1) is 13.2 Å². The van der Waals surface area contributed by atoms with Gasteiger partial charge in [0.2, 0.25) is 0 Å². The number of methoxy groups -OCH3 is 1. The van der Waals surface area contributed by atoms with Gasteiger partial charge in [0.1, 0.15) is 0 Å². The van der Waals surface area contributed by atoms with Crippen molar-refractivity contribution in [2.24, 2.45) is 0 Å². The van der Waals surface area contributed by atoms with Crippen LogP contribution in [-0.2, 0) is 6.54 Å². The van der Waals surface area contributed by atoms with Gasteiger partial charge in [-0.25, -0.2) is 0 Å². The molecule has 0 aromatic heterocycles. The third kappa shape index (κ3) is 4.92. The van der Waals surface area contributed by atoms with Crippen LogP contribution in [0.2, 0.25) is 5.02 Å². The Hall–Kier alpha value is -0.930. The molecule has 0 saturated heterocycles. The van der Waals surface area contributed by atoms with Gasteiger partial charge in [-0.05, 0) is 26.0 Å². The van der Waals surface area contributed by atoms with Gasteiger partial charge >= 0.3 is 0 Å². The van der Waals surface area contributed by atoms with Gasteiger partial charge in [0.25, 0.3) is 0 Å². The van der Waals surface area contributed by atoms with Crippen LogP contribution < -0.4 is 14.8 Å². The fourth-order valence-electron chi connectivity index (χ4n) is 1.97. The number of benzene rings is 1. The Bertz CT molecular complexity index is 396. The lowest BCUT2D eigenvalue weighted by Gasteiger charge is -2.20. The minimum absolute atomic E-state index is 0.167. The topological polar surface area (TPSA) is 30.5 Å². The largest absolute Gasteiger partial charge is 0.493 e. The molecular formula is C15H24ClNO2. The second kappa shape index (κ2) is 8.28. The molecule has 0 aliphatic rings. The van der Waals surface area contributed by atoms with E-state index in [4.69, 9.17) is 21.1 Å². The first-order valence-corrected chi connectivity index (χ1v) is 7.23. The molecule has 1 rings (SSSR count). The van der Waals surface area contributed by atoms with E-state index in [1.165, 1.54) is 0 Å². The molecule has 0 spiro atoms. The van der Waals surface area contributed by atoms with Crippen molar-refractivity contribution in [2.45, 2.75) is 46.3 Å². The summed E-state index contributed by atoms with van der Waals surface area (Å²) >= 11 is 6.11. The van der Waals surface area contributed by atoms with E-state index in [0.29, 0.717) is 10.8 Å². The Morgan fingerprint density at radius 2 is 2.05 bits per heavy atom. The van der Waals surface area contributed by atoms with E-state index in [-0.39, 0.29) is 6.10 Å². The van der Waals surface area contributed by atoms with E-state index in [1.54, 1.807) is 13.2 Å². The molecule has 0 aliphatic heterocycles. The minimum Gasteiger partial charge on any atom is -0.493 e. The molecule has 1 N–H and O–H groups in total. The van der Waals surface area contributed by atoms with Crippen LogP contribution in [0.3, 0.4) is 0 Å². The van der Waals surface area contributed by atoms with E-state index >= 15 is 0 Å². The van der Waals surface area contributed by atoms with Crippen LogP contribution in [0.25, 0.3) is 0 Å². The summed E-state index contributed by atoms with van der Waals surface area (Å²) in [5.74, 6) is 1.50. The first-order chi connectivity index (χ1) is 9.12. The normalized spacial score (nSPS) is 12.3. The predicted octanol–water partition coefficient (Wildman–Crippen LogP) is 4.03. The Morgan fingerprint density at radius 3 is 2.63 bits per heavy atom. The maximum Gasteiger partial charge on any atom is 0.166 e. The van der Waals surface area contributed by atoms with Crippen molar-refractivity contribution in [3.05, 3.63) is 22.7 Å². The zero-order valence-corrected chi connectivity index (χ0v) is 13.0. The first-order valence-electron chi connectivity index (χ1n) is 6.86. The lowest BCUT2D eigenvalue weighted by Crippen LogP contribution is -2.17. The molecule has 4 heteroatoms. The number of hydrogen-bond acceptors (Lipinski definition) is 3. The standard InChI is InChI=1S/C15H24ClNO2/c1-5-7-11(3)19-15-12(10-17-6-2)8-13(16)9-14(15)18-4/h8-9,11,17H,5-7,10H2,1-4H3. The Kier molecular flexibility index (Phi) is 7.03. The molecule has 1 atom stereocenters. The number of ether oxygens (including phenoxy) is 2. The Balaban J connectivity index is 3.01. The van der Waals surface area contributed by atoms with Crippen LogP contribution in [0, 0.1) is 0 Å². The van der Waals surface area contributed by atoms with Gasteiger partial charge in [-0.1, -0.05) is 31.9 Å². The third-order valence-corrected chi connectivity index (χ3v) is 3.11. The highest BCUT2D eigenvalue weighted by Gasteiger charge is 2.15. The van der Waals surface area contributed by atoms with Gasteiger partial charge in [-0.2, -0.15) is 0 Å². The zero-order chi connectivity index (χ0) is 14.3. The molecule has 19 heavy (non-hydrogen) atoms. The van der Waals surface area contributed by atoms with E-state index < -0.39 is 0 Å². The van der Waals surface area contributed by atoms with Crippen LogP contribution in [0.4, 0.5) is 0 Å². The van der Waals surface area contributed by atoms with E-state index in [9.17, 15) is 0 Å². The summed E-state index contributed by atoms with van der Waals surface area (Å²) in [5, 5.41) is 3.96. The highest BCUT2D eigenvalue weighted by Crippen LogP contribution is 2.35. The number of hydrogen-bond donors (Lipinski definition) is 1. The maximum atomic E-state index is 6.11. The summed E-state index contributed by atoms with van der Waals surface area (Å²) in [4.78, 5) is 0. The molecular weight excluding hydrogens is 262 g/mol. The van der Waals surface area contributed by atoms with Crippen LogP contribution in [0.5, 0.6) is 11.5 Å². The van der Waals surface area contributed by atoms with Gasteiger partial charge in [-0.3, -0.25) is 0 Å². The highest BCUT2D eigenvalue weighted by molar-refractivity contribution is 6.30. The summed E-state index contributed by atoms with van der Waals surface area (Å²) < 4.78 is 11.4. The van der Waals surface area contributed by atoms with Gasteiger partial charge in [0.15, 0.2) is 11.5 Å². The Morgan fingerprint density at radius 1 is 1.32 bits per heavy atom. The van der Waals surface area contributed by atoms with Crippen molar-refractivity contribution < 1.29 is 9.47 Å². The first kappa shape index (κ1) is 16.1. The average molecular weight is 286 g/mol. The second-order valence-electron chi connectivity index (χ2n) is 4.59. The molecule has 1 unspecified atom stereocenters. The molecule has 0 radical (unpaired) electrons. The summed E-state index contributed by atoms with van der Waals surface area (Å²) in [5.41, 5.74) is 1.04. The van der Waals surface area contributed by atoms with Crippen molar-refractivity contribution in [2.75, 3.05) is 13.7 Å². The van der Waals surface area contributed by atoms with E-state index in [2.05, 4.69) is 26.1 Å². The lowest BCUT2D eigenvalue weighted by molar-refractivity contribution is 0.198. The quantitative estimate of drug-likeness (QED) is 0.782. The van der Waals surface area contributed by atoms with Crippen molar-refractivity contribution in [1.82, 2.24) is 5.32 Å². The number of halogens is 1. The third-order valence-electron chi connectivity index (χ3n) is 2.90. The van der Waals surface area contributed by atoms with Crippen LogP contribution >= 0.6 is 11.6 Å². The molecule has 0 fully saturated rings. The second-order valence-corrected chi connectivity index (χ2v) is 5.03. The van der Waals surface area contributed by atoms with Gasteiger partial charge in [0, 0.05) is 23.2 Å².